The van der Waals surface area contributed by atoms with Crippen LogP contribution in [0, 0.1) is 6.92 Å². The van der Waals surface area contributed by atoms with Crippen LogP contribution < -0.4 is 10.5 Å². The second-order valence-corrected chi connectivity index (χ2v) is 4.77. The van der Waals surface area contributed by atoms with E-state index in [9.17, 15) is 9.59 Å². The van der Waals surface area contributed by atoms with Crippen LogP contribution in [0.5, 0.6) is 5.75 Å². The number of hydrogen-bond donors (Lipinski definition) is 1. The summed E-state index contributed by atoms with van der Waals surface area (Å²) in [4.78, 5) is 23.9. The van der Waals surface area contributed by atoms with E-state index in [4.69, 9.17) is 22.1 Å². The SMILES string of the molecule is Cc1cc(Cl)ccc1O[C@H](C)C(=O)N(C)CC(N)=O. The maximum atomic E-state index is 11.9. The van der Waals surface area contributed by atoms with E-state index in [1.54, 1.807) is 25.1 Å². The molecule has 5 nitrogen and oxygen atoms in total. The lowest BCUT2D eigenvalue weighted by Crippen LogP contribution is -2.42. The minimum atomic E-state index is -0.704. The maximum absolute atomic E-state index is 11.9. The molecule has 19 heavy (non-hydrogen) atoms. The Morgan fingerprint density at radius 2 is 2.11 bits per heavy atom. The molecule has 0 saturated heterocycles. The molecule has 0 radical (unpaired) electrons. The van der Waals surface area contributed by atoms with Crippen molar-refractivity contribution in [2.75, 3.05) is 13.6 Å². The normalized spacial score (nSPS) is 11.8. The predicted octanol–water partition coefficient (Wildman–Crippen LogP) is 1.36. The fourth-order valence-corrected chi connectivity index (χ4v) is 1.83. The Morgan fingerprint density at radius 1 is 1.47 bits per heavy atom. The molecule has 0 spiro atoms. The zero-order valence-corrected chi connectivity index (χ0v) is 11.9. The van der Waals surface area contributed by atoms with Gasteiger partial charge in [-0.25, -0.2) is 0 Å². The number of benzene rings is 1. The number of likely N-dealkylation sites (N-methyl/N-ethyl adjacent to an activating group) is 1. The van der Waals surface area contributed by atoms with Crippen molar-refractivity contribution in [3.63, 3.8) is 0 Å². The molecular weight excluding hydrogens is 268 g/mol. The van der Waals surface area contributed by atoms with Crippen LogP contribution in [0.3, 0.4) is 0 Å². The number of primary amides is 1. The Hall–Kier alpha value is -1.75. The largest absolute Gasteiger partial charge is 0.481 e. The minimum absolute atomic E-state index is 0.133. The Morgan fingerprint density at radius 3 is 2.63 bits per heavy atom. The maximum Gasteiger partial charge on any atom is 0.263 e. The summed E-state index contributed by atoms with van der Waals surface area (Å²) < 4.78 is 5.56. The molecule has 0 fully saturated rings. The van der Waals surface area contributed by atoms with Crippen molar-refractivity contribution in [3.05, 3.63) is 28.8 Å². The number of carbonyl (C=O) groups is 2. The molecule has 0 aliphatic rings. The summed E-state index contributed by atoms with van der Waals surface area (Å²) in [6, 6.07) is 5.14. The highest BCUT2D eigenvalue weighted by Crippen LogP contribution is 2.23. The topological polar surface area (TPSA) is 72.6 Å². The van der Waals surface area contributed by atoms with Gasteiger partial charge in [0, 0.05) is 12.1 Å². The van der Waals surface area contributed by atoms with E-state index < -0.39 is 12.0 Å². The molecule has 0 aliphatic heterocycles. The van der Waals surface area contributed by atoms with Gasteiger partial charge in [-0.05, 0) is 37.6 Å². The van der Waals surface area contributed by atoms with Crippen LogP contribution in [-0.4, -0.2) is 36.4 Å². The third-order valence-corrected chi connectivity index (χ3v) is 2.79. The van der Waals surface area contributed by atoms with Gasteiger partial charge >= 0.3 is 0 Å². The predicted molar refractivity (Wildman–Crippen MR) is 73.1 cm³/mol. The van der Waals surface area contributed by atoms with Gasteiger partial charge in [-0.2, -0.15) is 0 Å². The first-order chi connectivity index (χ1) is 8.81. The van der Waals surface area contributed by atoms with Crippen molar-refractivity contribution in [2.45, 2.75) is 20.0 Å². The summed E-state index contributed by atoms with van der Waals surface area (Å²) in [6.07, 6.45) is -0.704. The number of carbonyl (C=O) groups excluding carboxylic acids is 2. The number of hydrogen-bond acceptors (Lipinski definition) is 3. The number of ether oxygens (including phenoxy) is 1. The van der Waals surface area contributed by atoms with Crippen LogP contribution in [0.4, 0.5) is 0 Å². The van der Waals surface area contributed by atoms with E-state index in [0.717, 1.165) is 5.56 Å². The van der Waals surface area contributed by atoms with Gasteiger partial charge in [0.15, 0.2) is 6.10 Å². The molecule has 6 heteroatoms. The van der Waals surface area contributed by atoms with Crippen LogP contribution in [0.1, 0.15) is 12.5 Å². The van der Waals surface area contributed by atoms with Crippen LogP contribution in [0.25, 0.3) is 0 Å². The van der Waals surface area contributed by atoms with Gasteiger partial charge in [0.2, 0.25) is 5.91 Å². The minimum Gasteiger partial charge on any atom is -0.481 e. The molecular formula is C13H17ClN2O3. The first kappa shape index (κ1) is 15.3. The zero-order chi connectivity index (χ0) is 14.6. The number of nitrogens with two attached hydrogens (primary N) is 1. The van der Waals surface area contributed by atoms with Crippen LogP contribution >= 0.6 is 11.6 Å². The molecule has 0 saturated carbocycles. The molecule has 1 aromatic carbocycles. The summed E-state index contributed by atoms with van der Waals surface area (Å²) >= 11 is 5.84. The molecule has 0 heterocycles. The highest BCUT2D eigenvalue weighted by molar-refractivity contribution is 6.30. The van der Waals surface area contributed by atoms with Crippen LogP contribution in [-0.2, 0) is 9.59 Å². The average Bonchev–Trinajstić information content (AvgIpc) is 2.30. The molecule has 0 aromatic heterocycles. The molecule has 1 aromatic rings. The third-order valence-electron chi connectivity index (χ3n) is 2.56. The Kier molecular flexibility index (Phi) is 5.18. The lowest BCUT2D eigenvalue weighted by Gasteiger charge is -2.21. The number of amides is 2. The fourth-order valence-electron chi connectivity index (χ4n) is 1.61. The Balaban J connectivity index is 2.70. The standard InChI is InChI=1S/C13H17ClN2O3/c1-8-6-10(14)4-5-11(8)19-9(2)13(18)16(3)7-12(15)17/h4-6,9H,7H2,1-3H3,(H2,15,17)/t9-/m1/s1. The smallest absolute Gasteiger partial charge is 0.263 e. The van der Waals surface area contributed by atoms with E-state index in [1.807, 2.05) is 6.92 Å². The summed E-state index contributed by atoms with van der Waals surface area (Å²) in [6.45, 7) is 3.32. The molecule has 1 rings (SSSR count). The van der Waals surface area contributed by atoms with Gasteiger partial charge in [0.1, 0.15) is 5.75 Å². The van der Waals surface area contributed by atoms with Crippen molar-refractivity contribution in [2.24, 2.45) is 5.73 Å². The fraction of sp³-hybridized carbons (Fsp3) is 0.385. The number of halogens is 1. The summed E-state index contributed by atoms with van der Waals surface area (Å²) in [5.74, 6) is -0.295. The van der Waals surface area contributed by atoms with Gasteiger partial charge in [0.25, 0.3) is 5.91 Å². The average molecular weight is 285 g/mol. The molecule has 0 bridgehead atoms. The first-order valence-electron chi connectivity index (χ1n) is 5.77. The van der Waals surface area contributed by atoms with E-state index in [0.29, 0.717) is 10.8 Å². The lowest BCUT2D eigenvalue weighted by atomic mass is 10.2. The van der Waals surface area contributed by atoms with Crippen molar-refractivity contribution in [1.29, 1.82) is 0 Å². The molecule has 0 aliphatic carbocycles. The van der Waals surface area contributed by atoms with Gasteiger partial charge < -0.3 is 15.4 Å². The highest BCUT2D eigenvalue weighted by Gasteiger charge is 2.20. The number of aryl methyl sites for hydroxylation is 1. The van der Waals surface area contributed by atoms with Gasteiger partial charge in [0.05, 0.1) is 6.54 Å². The molecule has 1 atom stereocenters. The summed E-state index contributed by atoms with van der Waals surface area (Å²) in [5, 5.41) is 0.606. The number of rotatable bonds is 5. The second-order valence-electron chi connectivity index (χ2n) is 4.33. The Bertz CT molecular complexity index is 491. The molecule has 2 amide bonds. The first-order valence-corrected chi connectivity index (χ1v) is 6.15. The summed E-state index contributed by atoms with van der Waals surface area (Å²) in [5.41, 5.74) is 5.87. The van der Waals surface area contributed by atoms with E-state index in [1.165, 1.54) is 11.9 Å². The summed E-state index contributed by atoms with van der Waals surface area (Å²) in [7, 11) is 1.50. The molecule has 104 valence electrons. The van der Waals surface area contributed by atoms with E-state index in [2.05, 4.69) is 0 Å². The van der Waals surface area contributed by atoms with E-state index >= 15 is 0 Å². The lowest BCUT2D eigenvalue weighted by molar-refractivity contribution is -0.139. The second kappa shape index (κ2) is 6.43. The Labute approximate surface area is 117 Å². The van der Waals surface area contributed by atoms with Gasteiger partial charge in [-0.1, -0.05) is 11.6 Å². The van der Waals surface area contributed by atoms with Crippen molar-refractivity contribution < 1.29 is 14.3 Å². The zero-order valence-electron chi connectivity index (χ0n) is 11.1. The highest BCUT2D eigenvalue weighted by atomic mass is 35.5. The van der Waals surface area contributed by atoms with Crippen molar-refractivity contribution in [1.82, 2.24) is 4.90 Å². The van der Waals surface area contributed by atoms with Crippen molar-refractivity contribution >= 4 is 23.4 Å². The monoisotopic (exact) mass is 284 g/mol. The van der Waals surface area contributed by atoms with Crippen LogP contribution in [0.2, 0.25) is 5.02 Å². The van der Waals surface area contributed by atoms with Gasteiger partial charge in [-0.3, -0.25) is 9.59 Å². The van der Waals surface area contributed by atoms with Gasteiger partial charge in [-0.15, -0.1) is 0 Å². The van der Waals surface area contributed by atoms with E-state index in [-0.39, 0.29) is 12.5 Å². The quantitative estimate of drug-likeness (QED) is 0.887. The molecule has 2 N–H and O–H groups in total. The third kappa shape index (κ3) is 4.44. The van der Waals surface area contributed by atoms with Crippen LogP contribution in [0.15, 0.2) is 18.2 Å². The molecule has 0 unspecified atom stereocenters. The number of nitrogens with zero attached hydrogens (tertiary/aromatic N) is 1. The van der Waals surface area contributed by atoms with Crippen molar-refractivity contribution in [3.8, 4) is 5.75 Å².